The minimum absolute atomic E-state index is 0.0369. The van der Waals surface area contributed by atoms with E-state index in [1.165, 1.54) is 12.3 Å². The fourth-order valence-electron chi connectivity index (χ4n) is 1.85. The van der Waals surface area contributed by atoms with E-state index in [0.717, 1.165) is 12.1 Å². The summed E-state index contributed by atoms with van der Waals surface area (Å²) >= 11 is 0. The quantitative estimate of drug-likeness (QED) is 0.468. The topological polar surface area (TPSA) is 133 Å². The minimum Gasteiger partial charge on any atom is -0.378 e. The largest absolute Gasteiger partial charge is 0.378 e. The van der Waals surface area contributed by atoms with Gasteiger partial charge in [0.15, 0.2) is 0 Å². The molecule has 124 valence electrons. The Morgan fingerprint density at radius 1 is 1.25 bits per heavy atom. The normalized spacial score (nSPS) is 10.7. The summed E-state index contributed by atoms with van der Waals surface area (Å²) < 4.78 is 4.98. The summed E-state index contributed by atoms with van der Waals surface area (Å²) in [6, 6.07) is 8.51. The van der Waals surface area contributed by atoms with Crippen LogP contribution in [0.5, 0.6) is 0 Å². The number of hydrogen-bond donors (Lipinski definition) is 1. The summed E-state index contributed by atoms with van der Waals surface area (Å²) in [6.07, 6.45) is 1.38. The van der Waals surface area contributed by atoms with E-state index in [9.17, 15) is 20.2 Å². The van der Waals surface area contributed by atoms with Gasteiger partial charge in [0, 0.05) is 13.2 Å². The molecule has 10 nitrogen and oxygen atoms in total. The molecule has 1 N–H and O–H groups in total. The number of hydrazone groups is 1. The van der Waals surface area contributed by atoms with E-state index < -0.39 is 15.5 Å². The Labute approximate surface area is 136 Å². The van der Waals surface area contributed by atoms with Crippen LogP contribution in [0.4, 0.5) is 17.1 Å². The maximum atomic E-state index is 11.0. The first-order valence-corrected chi connectivity index (χ1v) is 6.68. The van der Waals surface area contributed by atoms with E-state index in [1.807, 2.05) is 0 Å². The molecule has 1 heterocycles. The molecule has 0 amide bonds. The number of rotatable bonds is 7. The highest BCUT2D eigenvalue weighted by Crippen LogP contribution is 2.28. The molecule has 24 heavy (non-hydrogen) atoms. The lowest BCUT2D eigenvalue weighted by Crippen LogP contribution is -2.00. The first-order valence-electron chi connectivity index (χ1n) is 6.68. The van der Waals surface area contributed by atoms with Crippen LogP contribution in [-0.4, -0.2) is 28.2 Å². The second kappa shape index (κ2) is 7.74. The third-order valence-corrected chi connectivity index (χ3v) is 2.89. The van der Waals surface area contributed by atoms with Crippen molar-refractivity contribution < 1.29 is 14.6 Å². The van der Waals surface area contributed by atoms with Gasteiger partial charge in [0.05, 0.1) is 40.1 Å². The van der Waals surface area contributed by atoms with Gasteiger partial charge in [0.1, 0.15) is 5.69 Å². The van der Waals surface area contributed by atoms with E-state index >= 15 is 0 Å². The van der Waals surface area contributed by atoms with Gasteiger partial charge < -0.3 is 4.74 Å². The molecule has 0 saturated carbocycles. The third-order valence-electron chi connectivity index (χ3n) is 2.89. The lowest BCUT2D eigenvalue weighted by Gasteiger charge is -2.02. The predicted molar refractivity (Wildman–Crippen MR) is 85.9 cm³/mol. The molecule has 0 saturated heterocycles. The van der Waals surface area contributed by atoms with Crippen LogP contribution < -0.4 is 5.43 Å². The van der Waals surface area contributed by atoms with Crippen molar-refractivity contribution >= 4 is 23.3 Å². The van der Waals surface area contributed by atoms with E-state index in [1.54, 1.807) is 25.3 Å². The summed E-state index contributed by atoms with van der Waals surface area (Å²) in [5, 5.41) is 25.6. The van der Waals surface area contributed by atoms with E-state index in [2.05, 4.69) is 15.5 Å². The highest BCUT2D eigenvalue weighted by Gasteiger charge is 2.19. The minimum atomic E-state index is -0.720. The molecule has 0 radical (unpaired) electrons. The van der Waals surface area contributed by atoms with Crippen molar-refractivity contribution in [3.63, 3.8) is 0 Å². The molecule has 2 rings (SSSR count). The molecule has 1 aromatic carbocycles. The Balaban J connectivity index is 2.17. The number of benzene rings is 1. The van der Waals surface area contributed by atoms with Gasteiger partial charge in [-0.05, 0) is 18.2 Å². The molecule has 0 aliphatic heterocycles. The zero-order chi connectivity index (χ0) is 17.5. The van der Waals surface area contributed by atoms with Crippen LogP contribution in [0.3, 0.4) is 0 Å². The van der Waals surface area contributed by atoms with Gasteiger partial charge in [-0.25, -0.2) is 4.98 Å². The van der Waals surface area contributed by atoms with Gasteiger partial charge in [-0.2, -0.15) is 5.10 Å². The lowest BCUT2D eigenvalue weighted by molar-refractivity contribution is -0.393. The summed E-state index contributed by atoms with van der Waals surface area (Å²) in [6.45, 7) is 0.350. The lowest BCUT2D eigenvalue weighted by atomic mass is 10.2. The summed E-state index contributed by atoms with van der Waals surface area (Å²) in [5.74, 6) is 0. The van der Waals surface area contributed by atoms with E-state index in [-0.39, 0.29) is 11.4 Å². The SMILES string of the molecule is COCc1cccc(/C=N/Nc2ccc([N+](=O)[O-])cc2[N+](=O)[O-])n1. The number of methoxy groups -OCH3 is 1. The molecule has 0 aliphatic carbocycles. The summed E-state index contributed by atoms with van der Waals surface area (Å²) in [4.78, 5) is 24.5. The van der Waals surface area contributed by atoms with Crippen molar-refractivity contribution in [2.24, 2.45) is 5.10 Å². The molecule has 0 unspecified atom stereocenters. The van der Waals surface area contributed by atoms with Crippen molar-refractivity contribution in [3.8, 4) is 0 Å². The fourth-order valence-corrected chi connectivity index (χ4v) is 1.85. The van der Waals surface area contributed by atoms with Crippen LogP contribution in [-0.2, 0) is 11.3 Å². The molecule has 0 bridgehead atoms. The number of nitrogens with zero attached hydrogens (tertiary/aromatic N) is 4. The van der Waals surface area contributed by atoms with Gasteiger partial charge >= 0.3 is 5.69 Å². The van der Waals surface area contributed by atoms with Crippen molar-refractivity contribution in [1.82, 2.24) is 4.98 Å². The molecular weight excluding hydrogens is 318 g/mol. The molecule has 0 fully saturated rings. The van der Waals surface area contributed by atoms with E-state index in [0.29, 0.717) is 18.0 Å². The fraction of sp³-hybridized carbons (Fsp3) is 0.143. The number of ether oxygens (including phenoxy) is 1. The number of hydrogen-bond acceptors (Lipinski definition) is 8. The molecule has 10 heteroatoms. The van der Waals surface area contributed by atoms with Gasteiger partial charge in [0.2, 0.25) is 0 Å². The number of anilines is 1. The average Bonchev–Trinajstić information content (AvgIpc) is 2.55. The van der Waals surface area contributed by atoms with E-state index in [4.69, 9.17) is 4.74 Å². The number of aromatic nitrogens is 1. The maximum Gasteiger partial charge on any atom is 0.301 e. The first kappa shape index (κ1) is 17.0. The van der Waals surface area contributed by atoms with Crippen LogP contribution in [0, 0.1) is 20.2 Å². The van der Waals surface area contributed by atoms with Gasteiger partial charge in [-0.15, -0.1) is 0 Å². The second-order valence-corrected chi connectivity index (χ2v) is 4.57. The summed E-state index contributed by atoms with van der Waals surface area (Å²) in [5.41, 5.74) is 2.96. The van der Waals surface area contributed by atoms with Crippen LogP contribution in [0.15, 0.2) is 41.5 Å². The smallest absolute Gasteiger partial charge is 0.301 e. The van der Waals surface area contributed by atoms with Gasteiger partial charge in [-0.1, -0.05) is 6.07 Å². The van der Waals surface area contributed by atoms with Crippen molar-refractivity contribution in [3.05, 3.63) is 68.0 Å². The van der Waals surface area contributed by atoms with Crippen molar-refractivity contribution in [2.75, 3.05) is 12.5 Å². The Morgan fingerprint density at radius 3 is 2.71 bits per heavy atom. The molecule has 0 aliphatic rings. The highest BCUT2D eigenvalue weighted by atomic mass is 16.6. The second-order valence-electron chi connectivity index (χ2n) is 4.57. The van der Waals surface area contributed by atoms with Crippen molar-refractivity contribution in [2.45, 2.75) is 6.61 Å². The molecule has 1 aromatic heterocycles. The third kappa shape index (κ3) is 4.30. The van der Waals surface area contributed by atoms with Crippen LogP contribution in [0.2, 0.25) is 0 Å². The standard InChI is InChI=1S/C14H13N5O5/c1-24-9-11-4-2-3-10(16-11)8-15-17-13-6-5-12(18(20)21)7-14(13)19(22)23/h2-8,17H,9H2,1H3/b15-8+. The van der Waals surface area contributed by atoms with Gasteiger partial charge in [0.25, 0.3) is 5.69 Å². The Bertz CT molecular complexity index is 793. The zero-order valence-corrected chi connectivity index (χ0v) is 12.6. The van der Waals surface area contributed by atoms with Gasteiger partial charge in [-0.3, -0.25) is 25.7 Å². The monoisotopic (exact) mass is 331 g/mol. The zero-order valence-electron chi connectivity index (χ0n) is 12.6. The average molecular weight is 331 g/mol. The molecular formula is C14H13N5O5. The molecule has 0 spiro atoms. The maximum absolute atomic E-state index is 11.0. The number of nitrogens with one attached hydrogen (secondary N) is 1. The number of non-ortho nitro benzene ring substituents is 1. The summed E-state index contributed by atoms with van der Waals surface area (Å²) in [7, 11) is 1.55. The Morgan fingerprint density at radius 2 is 2.04 bits per heavy atom. The van der Waals surface area contributed by atoms with Crippen LogP contribution >= 0.6 is 0 Å². The number of pyridine rings is 1. The van der Waals surface area contributed by atoms with Crippen LogP contribution in [0.25, 0.3) is 0 Å². The molecule has 0 atom stereocenters. The first-order chi connectivity index (χ1) is 11.5. The Kier molecular flexibility index (Phi) is 5.47. The van der Waals surface area contributed by atoms with Crippen molar-refractivity contribution in [1.29, 1.82) is 0 Å². The van der Waals surface area contributed by atoms with Crippen LogP contribution in [0.1, 0.15) is 11.4 Å². The number of nitro groups is 2. The highest BCUT2D eigenvalue weighted by molar-refractivity contribution is 5.78. The molecule has 2 aromatic rings. The number of nitro benzene ring substituents is 2. The predicted octanol–water partition coefficient (Wildman–Crippen LogP) is 2.49. The Hall–Kier alpha value is -3.40.